The van der Waals surface area contributed by atoms with E-state index in [-0.39, 0.29) is 948 Å². The maximum absolute atomic E-state index is 0. The molecule has 0 unspecified atom stereocenters. The molecule has 270 valence electrons. The van der Waals surface area contributed by atoms with Crippen LogP contribution in [0.15, 0.2) is 0 Å². The molecular formula is W45. The predicted molar refractivity (Wildman–Crippen MR) is 0 cm³/mol. The van der Waals surface area contributed by atoms with Crippen LogP contribution in [0.4, 0.5) is 0 Å². The quantitative estimate of drug-likeness (QED) is 0.319. The second kappa shape index (κ2) is 428. The van der Waals surface area contributed by atoms with Gasteiger partial charge in [0.25, 0.3) is 0 Å². The van der Waals surface area contributed by atoms with Gasteiger partial charge in [-0.3, -0.25) is 0 Å². The Morgan fingerprint density at radius 3 is 0.0222 bits per heavy atom. The first-order valence-electron chi connectivity index (χ1n) is 0. The van der Waals surface area contributed by atoms with E-state index in [4.69, 9.17) is 0 Å². The van der Waals surface area contributed by atoms with Crippen molar-refractivity contribution in [2.75, 3.05) is 0 Å². The molecular weight excluding hydrogens is 8270 g/mol. The van der Waals surface area contributed by atoms with E-state index in [0.29, 0.717) is 0 Å². The van der Waals surface area contributed by atoms with Gasteiger partial charge in [0.05, 0.1) is 0 Å². The van der Waals surface area contributed by atoms with Crippen molar-refractivity contribution in [2.24, 2.45) is 0 Å². The van der Waals surface area contributed by atoms with Gasteiger partial charge in [-0.05, 0) is 0 Å². The fourth-order valence-corrected chi connectivity index (χ4v) is 0. The molecule has 0 aliphatic carbocycles. The molecule has 45 heteroatoms. The van der Waals surface area contributed by atoms with Crippen LogP contribution in [-0.2, 0) is 948 Å². The summed E-state index contributed by atoms with van der Waals surface area (Å²) < 4.78 is 0. The van der Waals surface area contributed by atoms with E-state index in [1.807, 2.05) is 0 Å². The molecule has 0 spiro atoms. The molecule has 0 saturated carbocycles. The summed E-state index contributed by atoms with van der Waals surface area (Å²) in [6.07, 6.45) is 0. The third-order valence-electron chi connectivity index (χ3n) is 0. The Bertz CT molecular complexity index is 0. The van der Waals surface area contributed by atoms with Crippen molar-refractivity contribution in [1.82, 2.24) is 0 Å². The van der Waals surface area contributed by atoms with Crippen LogP contribution in [0.25, 0.3) is 0 Å². The standard InChI is InChI=1S/45W. The maximum atomic E-state index is 0. The van der Waals surface area contributed by atoms with Gasteiger partial charge in [-0.15, -0.1) is 0 Å². The molecule has 0 aromatic heterocycles. The van der Waals surface area contributed by atoms with Crippen molar-refractivity contribution < 1.29 is 948 Å². The monoisotopic (exact) mass is 8280 g/mol. The molecule has 0 bridgehead atoms. The Kier molecular flexibility index (Phi) is 4230. The first-order valence-corrected chi connectivity index (χ1v) is 0. The molecule has 0 atom stereocenters. The van der Waals surface area contributed by atoms with E-state index in [0.717, 1.165) is 0 Å². The average Bonchev–Trinajstić information content (AvgIpc) is 0. The first-order chi connectivity index (χ1) is 0. The molecule has 0 aliphatic rings. The normalized spacial score (nSPS) is 0. The number of rotatable bonds is 0. The summed E-state index contributed by atoms with van der Waals surface area (Å²) in [6, 6.07) is 0. The van der Waals surface area contributed by atoms with Crippen molar-refractivity contribution in [3.8, 4) is 0 Å². The van der Waals surface area contributed by atoms with E-state index < -0.39 is 0 Å². The molecule has 0 nitrogen and oxygen atoms in total. The van der Waals surface area contributed by atoms with E-state index in [2.05, 4.69) is 0 Å². The van der Waals surface area contributed by atoms with Gasteiger partial charge in [0, 0.05) is 948 Å². The van der Waals surface area contributed by atoms with Crippen LogP contribution >= 0.6 is 0 Å². The van der Waals surface area contributed by atoms with Gasteiger partial charge in [0.1, 0.15) is 0 Å². The van der Waals surface area contributed by atoms with E-state index >= 15 is 0 Å². The minimum Gasteiger partial charge on any atom is 0 e. The van der Waals surface area contributed by atoms with Gasteiger partial charge in [-0.25, -0.2) is 0 Å². The predicted octanol–water partition coefficient (Wildman–Crippen LogP) is -0.113. The molecule has 0 amide bonds. The topological polar surface area (TPSA) is 0 Å². The van der Waals surface area contributed by atoms with Gasteiger partial charge < -0.3 is 0 Å². The zero-order chi connectivity index (χ0) is 0. The zero-order valence-corrected chi connectivity index (χ0v) is 150. The van der Waals surface area contributed by atoms with Crippen LogP contribution in [0.5, 0.6) is 0 Å². The molecule has 0 saturated heterocycles. The van der Waals surface area contributed by atoms with Crippen LogP contribution in [0.2, 0.25) is 0 Å². The SMILES string of the molecule is [W].[W].[W].[W].[W].[W].[W].[W].[W].[W].[W].[W].[W].[W].[W].[W].[W].[W].[W].[W].[W].[W].[W].[W].[W].[W].[W].[W].[W].[W].[W].[W].[W].[W].[W].[W].[W].[W].[W].[W].[W].[W].[W].[W].[W]. The van der Waals surface area contributed by atoms with Crippen molar-refractivity contribution in [3.05, 3.63) is 0 Å². The summed E-state index contributed by atoms with van der Waals surface area (Å²) in [7, 11) is 0. The molecule has 0 N–H and O–H groups in total. The summed E-state index contributed by atoms with van der Waals surface area (Å²) in [6.45, 7) is 0. The van der Waals surface area contributed by atoms with Gasteiger partial charge in [0.15, 0.2) is 0 Å². The maximum Gasteiger partial charge on any atom is 0 e. The van der Waals surface area contributed by atoms with E-state index in [1.165, 1.54) is 0 Å². The molecule has 0 rings (SSSR count). The van der Waals surface area contributed by atoms with Gasteiger partial charge in [-0.1, -0.05) is 0 Å². The largest absolute Gasteiger partial charge is 0 e. The fourth-order valence-electron chi connectivity index (χ4n) is 0. The Morgan fingerprint density at radius 2 is 0.0222 bits per heavy atom. The summed E-state index contributed by atoms with van der Waals surface area (Å²) in [4.78, 5) is 0. The summed E-state index contributed by atoms with van der Waals surface area (Å²) in [5, 5.41) is 0. The van der Waals surface area contributed by atoms with Crippen LogP contribution in [0.1, 0.15) is 0 Å². The zero-order valence-electron chi connectivity index (χ0n) is 18.4. The Morgan fingerprint density at radius 1 is 0.0222 bits per heavy atom. The second-order valence-corrected chi connectivity index (χ2v) is 0. The fraction of sp³-hybridized carbons (Fsp3) is 0. The van der Waals surface area contributed by atoms with Gasteiger partial charge in [-0.2, -0.15) is 0 Å². The van der Waals surface area contributed by atoms with Crippen LogP contribution in [-0.4, -0.2) is 0 Å². The third kappa shape index (κ3) is 416. The Balaban J connectivity index is 0. The summed E-state index contributed by atoms with van der Waals surface area (Å²) in [5.74, 6) is 0. The molecule has 0 aliphatic heterocycles. The van der Waals surface area contributed by atoms with Crippen molar-refractivity contribution >= 4 is 0 Å². The third-order valence-corrected chi connectivity index (χ3v) is 0. The van der Waals surface area contributed by atoms with Crippen molar-refractivity contribution in [1.29, 1.82) is 0 Å². The molecule has 0 aromatic rings. The smallest absolute Gasteiger partial charge is 0 e. The first kappa shape index (κ1) is 445. The minimum atomic E-state index is 0. The minimum absolute atomic E-state index is 0. The summed E-state index contributed by atoms with van der Waals surface area (Å²) in [5.41, 5.74) is 0. The molecule has 0 fully saturated rings. The van der Waals surface area contributed by atoms with Gasteiger partial charge >= 0.3 is 0 Å². The van der Waals surface area contributed by atoms with Crippen molar-refractivity contribution in [2.45, 2.75) is 0 Å². The average molecular weight is 8270 g/mol. The molecule has 0 radical (unpaired) electrons. The Hall–Kier alpha value is 31.0. The Labute approximate surface area is 919 Å². The van der Waals surface area contributed by atoms with E-state index in [1.54, 1.807) is 0 Å². The number of hydrogen-bond donors (Lipinski definition) is 0. The van der Waals surface area contributed by atoms with Crippen molar-refractivity contribution in [3.63, 3.8) is 0 Å². The number of hydrogen-bond acceptors (Lipinski definition) is 0. The summed E-state index contributed by atoms with van der Waals surface area (Å²) >= 11 is 0. The molecule has 0 heterocycles. The second-order valence-electron chi connectivity index (χ2n) is 0. The molecule has 0 aromatic carbocycles. The van der Waals surface area contributed by atoms with Crippen LogP contribution < -0.4 is 0 Å². The van der Waals surface area contributed by atoms with Crippen LogP contribution in [0, 0.1) is 0 Å². The van der Waals surface area contributed by atoms with Crippen LogP contribution in [0.3, 0.4) is 0 Å². The van der Waals surface area contributed by atoms with Gasteiger partial charge in [0.2, 0.25) is 0 Å². The van der Waals surface area contributed by atoms with E-state index in [9.17, 15) is 0 Å². The molecule has 45 heavy (non-hydrogen) atoms.